The van der Waals surface area contributed by atoms with Crippen molar-refractivity contribution in [2.45, 2.75) is 26.8 Å². The number of rotatable bonds is 6. The molecule has 0 bridgehead atoms. The average Bonchev–Trinajstić information content (AvgIpc) is 3.40. The van der Waals surface area contributed by atoms with Gasteiger partial charge in [0, 0.05) is 30.0 Å². The minimum atomic E-state index is -1.46. The summed E-state index contributed by atoms with van der Waals surface area (Å²) in [5, 5.41) is 13.5. The van der Waals surface area contributed by atoms with Crippen molar-refractivity contribution < 1.29 is 14.7 Å². The first-order chi connectivity index (χ1) is 17.7. The van der Waals surface area contributed by atoms with E-state index < -0.39 is 11.4 Å². The lowest BCUT2D eigenvalue weighted by Crippen LogP contribution is -2.47. The third-order valence-electron chi connectivity index (χ3n) is 6.78. The van der Waals surface area contributed by atoms with Gasteiger partial charge in [0.05, 0.1) is 16.9 Å². The van der Waals surface area contributed by atoms with Crippen LogP contribution in [-0.4, -0.2) is 38.4 Å². The maximum absolute atomic E-state index is 12.9. The fourth-order valence-corrected chi connectivity index (χ4v) is 4.76. The number of nitrogens with zero attached hydrogens (tertiary/aromatic N) is 2. The van der Waals surface area contributed by atoms with Crippen molar-refractivity contribution in [2.24, 2.45) is 5.41 Å². The first-order valence-corrected chi connectivity index (χ1v) is 12.4. The zero-order valence-electron chi connectivity index (χ0n) is 20.6. The second-order valence-electron chi connectivity index (χ2n) is 9.68. The molecule has 8 heteroatoms. The van der Waals surface area contributed by atoms with Crippen LogP contribution in [0.25, 0.3) is 22.6 Å². The third-order valence-corrected chi connectivity index (χ3v) is 7.11. The summed E-state index contributed by atoms with van der Waals surface area (Å²) in [6.45, 7) is 3.74. The SMILES string of the molecule is CC(C)(C(=O)O)C(=O)N1CCc2c(cccc2Nc2ccc(Cl)c(-c3ncc(-c4ccccc4)[nH]3)c2)C1. The molecule has 0 unspecified atom stereocenters. The van der Waals surface area contributed by atoms with Gasteiger partial charge >= 0.3 is 5.97 Å². The van der Waals surface area contributed by atoms with Gasteiger partial charge in [0.15, 0.2) is 0 Å². The van der Waals surface area contributed by atoms with E-state index in [9.17, 15) is 14.7 Å². The number of amides is 1. The molecule has 188 valence electrons. The Hall–Kier alpha value is -4.10. The largest absolute Gasteiger partial charge is 0.480 e. The molecule has 37 heavy (non-hydrogen) atoms. The van der Waals surface area contributed by atoms with E-state index >= 15 is 0 Å². The van der Waals surface area contributed by atoms with Crippen LogP contribution in [0.3, 0.4) is 0 Å². The Bertz CT molecular complexity index is 1480. The summed E-state index contributed by atoms with van der Waals surface area (Å²) < 4.78 is 0. The lowest BCUT2D eigenvalue weighted by Gasteiger charge is -2.34. The lowest BCUT2D eigenvalue weighted by atomic mass is 9.89. The van der Waals surface area contributed by atoms with Crippen LogP contribution in [0, 0.1) is 5.41 Å². The molecule has 0 spiro atoms. The van der Waals surface area contributed by atoms with E-state index in [1.165, 1.54) is 13.8 Å². The Morgan fingerprint density at radius 2 is 1.86 bits per heavy atom. The molecule has 2 heterocycles. The van der Waals surface area contributed by atoms with Crippen LogP contribution >= 0.6 is 11.6 Å². The molecular weight excluding hydrogens is 488 g/mol. The van der Waals surface area contributed by atoms with Crippen LogP contribution in [0.1, 0.15) is 25.0 Å². The van der Waals surface area contributed by atoms with Gasteiger partial charge in [-0.3, -0.25) is 9.59 Å². The maximum Gasteiger partial charge on any atom is 0.318 e. The highest BCUT2D eigenvalue weighted by molar-refractivity contribution is 6.33. The molecule has 1 aromatic heterocycles. The van der Waals surface area contributed by atoms with E-state index in [1.807, 2.05) is 66.7 Å². The summed E-state index contributed by atoms with van der Waals surface area (Å²) in [7, 11) is 0. The molecule has 0 atom stereocenters. The number of carbonyl (C=O) groups excluding carboxylic acids is 1. The first kappa shape index (κ1) is 24.6. The number of benzene rings is 3. The fourth-order valence-electron chi connectivity index (χ4n) is 4.55. The number of nitrogens with one attached hydrogen (secondary N) is 2. The molecule has 0 saturated heterocycles. The number of imidazole rings is 1. The Kier molecular flexibility index (Phi) is 6.48. The second kappa shape index (κ2) is 9.75. The van der Waals surface area contributed by atoms with E-state index in [-0.39, 0.29) is 5.91 Å². The van der Waals surface area contributed by atoms with Gasteiger partial charge in [-0.2, -0.15) is 0 Å². The van der Waals surface area contributed by atoms with Crippen LogP contribution in [0.5, 0.6) is 0 Å². The van der Waals surface area contributed by atoms with Crippen molar-refractivity contribution in [3.05, 3.63) is 89.1 Å². The Labute approximate surface area is 220 Å². The van der Waals surface area contributed by atoms with Gasteiger partial charge in [0.2, 0.25) is 5.91 Å². The van der Waals surface area contributed by atoms with Crippen LogP contribution in [0.2, 0.25) is 5.02 Å². The standard InChI is InChI=1S/C29H27ClN4O3/c1-29(2,28(36)37)27(35)34-14-13-21-19(17-34)9-6-10-24(21)32-20-11-12-23(30)22(15-20)26-31-16-25(33-26)18-7-4-3-5-8-18/h3-12,15-16,32H,13-14,17H2,1-2H3,(H,31,33)(H,36,37). The molecule has 7 nitrogen and oxygen atoms in total. The normalized spacial score (nSPS) is 13.2. The molecule has 1 aliphatic heterocycles. The number of carboxylic acids is 1. The summed E-state index contributed by atoms with van der Waals surface area (Å²) in [6.07, 6.45) is 2.42. The molecule has 3 N–H and O–H groups in total. The predicted octanol–water partition coefficient (Wildman–Crippen LogP) is 6.14. The highest BCUT2D eigenvalue weighted by Gasteiger charge is 2.40. The van der Waals surface area contributed by atoms with E-state index in [4.69, 9.17) is 11.6 Å². The molecule has 5 rings (SSSR count). The summed E-state index contributed by atoms with van der Waals surface area (Å²) in [6, 6.07) is 21.6. The van der Waals surface area contributed by atoms with E-state index in [1.54, 1.807) is 11.1 Å². The van der Waals surface area contributed by atoms with E-state index in [0.717, 1.165) is 39.3 Å². The molecule has 1 amide bonds. The van der Waals surface area contributed by atoms with Crippen molar-refractivity contribution in [1.82, 2.24) is 14.9 Å². The molecular formula is C29H27ClN4O3. The number of anilines is 2. The Balaban J connectivity index is 1.38. The highest BCUT2D eigenvalue weighted by atomic mass is 35.5. The molecule has 0 radical (unpaired) electrons. The number of H-pyrrole nitrogens is 1. The maximum atomic E-state index is 12.9. The van der Waals surface area contributed by atoms with Crippen LogP contribution < -0.4 is 5.32 Å². The average molecular weight is 515 g/mol. The van der Waals surface area contributed by atoms with Crippen molar-refractivity contribution in [1.29, 1.82) is 0 Å². The van der Waals surface area contributed by atoms with Gasteiger partial charge in [0.1, 0.15) is 11.2 Å². The van der Waals surface area contributed by atoms with Crippen molar-refractivity contribution in [3.63, 3.8) is 0 Å². The van der Waals surface area contributed by atoms with Gasteiger partial charge in [-0.05, 0) is 61.2 Å². The Morgan fingerprint density at radius 3 is 2.62 bits per heavy atom. The summed E-state index contributed by atoms with van der Waals surface area (Å²) in [5.74, 6) is -0.817. The van der Waals surface area contributed by atoms with Gasteiger partial charge in [-0.1, -0.05) is 54.1 Å². The molecule has 0 aliphatic carbocycles. The zero-order chi connectivity index (χ0) is 26.2. The lowest BCUT2D eigenvalue weighted by molar-refractivity contribution is -0.158. The quantitative estimate of drug-likeness (QED) is 0.269. The smallest absolute Gasteiger partial charge is 0.318 e. The van der Waals surface area contributed by atoms with Crippen LogP contribution in [-0.2, 0) is 22.6 Å². The zero-order valence-corrected chi connectivity index (χ0v) is 21.3. The number of aromatic amines is 1. The predicted molar refractivity (Wildman–Crippen MR) is 145 cm³/mol. The molecule has 4 aromatic rings. The minimum absolute atomic E-state index is 0.375. The van der Waals surface area contributed by atoms with Crippen LogP contribution in [0.15, 0.2) is 72.9 Å². The fraction of sp³-hybridized carbons (Fsp3) is 0.207. The van der Waals surface area contributed by atoms with E-state index in [0.29, 0.717) is 30.4 Å². The molecule has 0 saturated carbocycles. The number of halogens is 1. The van der Waals surface area contributed by atoms with Gasteiger partial charge in [-0.15, -0.1) is 0 Å². The highest BCUT2D eigenvalue weighted by Crippen LogP contribution is 2.34. The number of carboxylic acid groups (broad SMARTS) is 1. The number of hydrogen-bond acceptors (Lipinski definition) is 4. The topological polar surface area (TPSA) is 98.3 Å². The Morgan fingerprint density at radius 1 is 1.08 bits per heavy atom. The molecule has 1 aliphatic rings. The molecule has 3 aromatic carbocycles. The van der Waals surface area contributed by atoms with Crippen LogP contribution in [0.4, 0.5) is 11.4 Å². The monoisotopic (exact) mass is 514 g/mol. The number of carbonyl (C=O) groups is 2. The second-order valence-corrected chi connectivity index (χ2v) is 10.1. The van der Waals surface area contributed by atoms with Crippen molar-refractivity contribution in [3.8, 4) is 22.6 Å². The summed E-state index contributed by atoms with van der Waals surface area (Å²) in [4.78, 5) is 34.0. The summed E-state index contributed by atoms with van der Waals surface area (Å²) >= 11 is 6.54. The van der Waals surface area contributed by atoms with E-state index in [2.05, 4.69) is 15.3 Å². The minimum Gasteiger partial charge on any atom is -0.480 e. The van der Waals surface area contributed by atoms with Gasteiger partial charge < -0.3 is 20.3 Å². The van der Waals surface area contributed by atoms with Crippen molar-refractivity contribution in [2.75, 3.05) is 11.9 Å². The number of fused-ring (bicyclic) bond motifs is 1. The third kappa shape index (κ3) is 4.82. The number of aliphatic carboxylic acids is 1. The van der Waals surface area contributed by atoms with Gasteiger partial charge in [-0.25, -0.2) is 4.98 Å². The number of hydrogen-bond donors (Lipinski definition) is 3. The number of aromatic nitrogens is 2. The first-order valence-electron chi connectivity index (χ1n) is 12.0. The van der Waals surface area contributed by atoms with Crippen molar-refractivity contribution >= 4 is 34.9 Å². The molecule has 0 fully saturated rings. The summed E-state index contributed by atoms with van der Waals surface area (Å²) in [5.41, 5.74) is 5.19. The van der Waals surface area contributed by atoms with Gasteiger partial charge in [0.25, 0.3) is 0 Å².